The summed E-state index contributed by atoms with van der Waals surface area (Å²) in [7, 11) is 1.36. The normalized spacial score (nSPS) is 12.9. The maximum Gasteiger partial charge on any atom is 0.338 e. The first-order valence-corrected chi connectivity index (χ1v) is 11.8. The number of esters is 2. The lowest BCUT2D eigenvalue weighted by molar-refractivity contribution is -0.140. The molecule has 0 atom stereocenters. The third kappa shape index (κ3) is 5.95. The summed E-state index contributed by atoms with van der Waals surface area (Å²) >= 11 is 0. The van der Waals surface area contributed by atoms with E-state index >= 15 is 0 Å². The molecule has 0 bridgehead atoms. The summed E-state index contributed by atoms with van der Waals surface area (Å²) in [6.45, 7) is 0.956. The summed E-state index contributed by atoms with van der Waals surface area (Å²) in [6, 6.07) is 21.2. The number of amides is 2. The minimum atomic E-state index is -0.542. The summed E-state index contributed by atoms with van der Waals surface area (Å²) in [4.78, 5) is 40.4. The number of nitrogens with one attached hydrogen (secondary N) is 1. The fourth-order valence-corrected chi connectivity index (χ4v) is 4.11. The number of hydrogen-bond donors (Lipinski definition) is 2. The highest BCUT2D eigenvalue weighted by atomic mass is 16.5. The van der Waals surface area contributed by atoms with Gasteiger partial charge in [-0.2, -0.15) is 0 Å². The number of carbonyl (C=O) groups is 3. The summed E-state index contributed by atoms with van der Waals surface area (Å²) < 4.78 is 10.1. The highest BCUT2D eigenvalue weighted by molar-refractivity contribution is 6.11. The van der Waals surface area contributed by atoms with Crippen LogP contribution in [0.25, 0.3) is 0 Å². The Bertz CT molecular complexity index is 1310. The number of amidine groups is 1. The van der Waals surface area contributed by atoms with Crippen molar-refractivity contribution in [3.8, 4) is 0 Å². The van der Waals surface area contributed by atoms with E-state index in [4.69, 9.17) is 15.9 Å². The van der Waals surface area contributed by atoms with Crippen LogP contribution >= 0.6 is 0 Å². The maximum absolute atomic E-state index is 13.3. The molecular formula is C28H28N4O5. The van der Waals surface area contributed by atoms with Gasteiger partial charge in [0.2, 0.25) is 0 Å². The summed E-state index contributed by atoms with van der Waals surface area (Å²) in [6.07, 6.45) is 0.838. The molecule has 0 aliphatic carbocycles. The molecule has 0 saturated carbocycles. The lowest BCUT2D eigenvalue weighted by atomic mass is 10.1. The molecule has 3 aromatic carbocycles. The topological polar surface area (TPSA) is 126 Å². The molecule has 1 aliphatic heterocycles. The van der Waals surface area contributed by atoms with Crippen LogP contribution in [0.5, 0.6) is 0 Å². The first-order chi connectivity index (χ1) is 17.9. The van der Waals surface area contributed by atoms with Crippen LogP contribution in [-0.4, -0.2) is 44.0 Å². The van der Waals surface area contributed by atoms with E-state index in [1.54, 1.807) is 21.9 Å². The van der Waals surface area contributed by atoms with Crippen molar-refractivity contribution < 1.29 is 23.9 Å². The van der Waals surface area contributed by atoms with Gasteiger partial charge in [-0.15, -0.1) is 0 Å². The molecule has 0 aromatic heterocycles. The van der Waals surface area contributed by atoms with Crippen molar-refractivity contribution >= 4 is 35.2 Å². The molecule has 3 aromatic rings. The lowest BCUT2D eigenvalue weighted by Gasteiger charge is -2.21. The van der Waals surface area contributed by atoms with Crippen LogP contribution in [0.1, 0.15) is 33.5 Å². The molecule has 9 heteroatoms. The monoisotopic (exact) mass is 500 g/mol. The van der Waals surface area contributed by atoms with Gasteiger partial charge < -0.3 is 15.2 Å². The zero-order chi connectivity index (χ0) is 26.4. The molecular weight excluding hydrogens is 472 g/mol. The number of nitrogens with zero attached hydrogens (tertiary/aromatic N) is 2. The standard InChI is InChI=1S/C28H28N4O5/c1-36-25(33)14-9-19-7-11-22(12-8-19)31-15-16-32(28(31)35)24-13-10-21(17-23(24)26(29)30)27(34)37-18-20-5-3-2-4-6-20/h2-8,10-13,17H,9,14-16,18H2,1H3,(H3,29,30). The van der Waals surface area contributed by atoms with Gasteiger partial charge >= 0.3 is 18.0 Å². The summed E-state index contributed by atoms with van der Waals surface area (Å²) in [5, 5.41) is 8.04. The third-order valence-corrected chi connectivity index (χ3v) is 6.13. The van der Waals surface area contributed by atoms with Crippen molar-refractivity contribution in [2.75, 3.05) is 30.0 Å². The second kappa shape index (κ2) is 11.4. The number of urea groups is 1. The first kappa shape index (κ1) is 25.4. The molecule has 4 rings (SSSR count). The average Bonchev–Trinajstić information content (AvgIpc) is 3.31. The van der Waals surface area contributed by atoms with Crippen molar-refractivity contribution in [1.82, 2.24) is 0 Å². The molecule has 0 radical (unpaired) electrons. The van der Waals surface area contributed by atoms with Crippen molar-refractivity contribution in [3.05, 3.63) is 95.1 Å². The van der Waals surface area contributed by atoms with Crippen molar-refractivity contribution in [2.45, 2.75) is 19.4 Å². The minimum absolute atomic E-state index is 0.123. The Labute approximate surface area is 214 Å². The molecule has 190 valence electrons. The predicted molar refractivity (Wildman–Crippen MR) is 140 cm³/mol. The second-order valence-electron chi connectivity index (χ2n) is 8.54. The SMILES string of the molecule is COC(=O)CCc1ccc(N2CCN(c3ccc(C(=O)OCc4ccccc4)cc3C(=N)N)C2=O)cc1. The quantitative estimate of drug-likeness (QED) is 0.261. The zero-order valence-corrected chi connectivity index (χ0v) is 20.5. The van der Waals surface area contributed by atoms with E-state index in [0.29, 0.717) is 25.2 Å². The maximum atomic E-state index is 13.3. The molecule has 1 fully saturated rings. The van der Waals surface area contributed by atoms with Gasteiger partial charge in [0.1, 0.15) is 12.4 Å². The summed E-state index contributed by atoms with van der Waals surface area (Å²) in [5.74, 6) is -1.07. The first-order valence-electron chi connectivity index (χ1n) is 11.8. The number of methoxy groups -OCH3 is 1. The molecule has 37 heavy (non-hydrogen) atoms. The number of hydrogen-bond acceptors (Lipinski definition) is 6. The number of nitrogen functional groups attached to an aromatic ring is 1. The fourth-order valence-electron chi connectivity index (χ4n) is 4.11. The van der Waals surface area contributed by atoms with Gasteiger partial charge in [-0.05, 0) is 47.9 Å². The minimum Gasteiger partial charge on any atom is -0.469 e. The van der Waals surface area contributed by atoms with Gasteiger partial charge in [-0.3, -0.25) is 20.0 Å². The molecule has 1 heterocycles. The average molecular weight is 501 g/mol. The van der Waals surface area contributed by atoms with E-state index in [1.165, 1.54) is 13.2 Å². The third-order valence-electron chi connectivity index (χ3n) is 6.13. The highest BCUT2D eigenvalue weighted by Gasteiger charge is 2.32. The van der Waals surface area contributed by atoms with Crippen LogP contribution in [0.2, 0.25) is 0 Å². The Morgan fingerprint density at radius 2 is 1.65 bits per heavy atom. The molecule has 1 aliphatic rings. The number of carbonyl (C=O) groups excluding carboxylic acids is 3. The molecule has 1 saturated heterocycles. The van der Waals surface area contributed by atoms with E-state index in [-0.39, 0.29) is 42.0 Å². The Hall–Kier alpha value is -4.66. The van der Waals surface area contributed by atoms with Crippen molar-refractivity contribution in [2.24, 2.45) is 5.73 Å². The molecule has 0 unspecified atom stereocenters. The van der Waals surface area contributed by atoms with Gasteiger partial charge in [0.05, 0.1) is 18.4 Å². The van der Waals surface area contributed by atoms with E-state index in [1.807, 2.05) is 54.6 Å². The number of benzene rings is 3. The van der Waals surface area contributed by atoms with Crippen LogP contribution in [0.3, 0.4) is 0 Å². The van der Waals surface area contributed by atoms with E-state index in [9.17, 15) is 14.4 Å². The number of aryl methyl sites for hydroxylation is 1. The second-order valence-corrected chi connectivity index (χ2v) is 8.54. The largest absolute Gasteiger partial charge is 0.469 e. The van der Waals surface area contributed by atoms with Crippen molar-refractivity contribution in [1.29, 1.82) is 5.41 Å². The predicted octanol–water partition coefficient (Wildman–Crippen LogP) is 3.88. The van der Waals surface area contributed by atoms with E-state index < -0.39 is 5.97 Å². The number of rotatable bonds is 9. The lowest BCUT2D eigenvalue weighted by Crippen LogP contribution is -2.33. The Morgan fingerprint density at radius 1 is 0.946 bits per heavy atom. The fraction of sp³-hybridized carbons (Fsp3) is 0.214. The van der Waals surface area contributed by atoms with Gasteiger partial charge in [0, 0.05) is 30.8 Å². The van der Waals surface area contributed by atoms with Crippen LogP contribution in [0.4, 0.5) is 16.2 Å². The Balaban J connectivity index is 1.47. The van der Waals surface area contributed by atoms with Crippen LogP contribution in [0, 0.1) is 5.41 Å². The van der Waals surface area contributed by atoms with Crippen molar-refractivity contribution in [3.63, 3.8) is 0 Å². The van der Waals surface area contributed by atoms with E-state index in [2.05, 4.69) is 4.74 Å². The van der Waals surface area contributed by atoms with E-state index in [0.717, 1.165) is 16.8 Å². The molecule has 9 nitrogen and oxygen atoms in total. The van der Waals surface area contributed by atoms with Gasteiger partial charge in [0.25, 0.3) is 0 Å². The Kier molecular flexibility index (Phi) is 7.83. The van der Waals surface area contributed by atoms with Gasteiger partial charge in [-0.25, -0.2) is 9.59 Å². The highest BCUT2D eigenvalue weighted by Crippen LogP contribution is 2.29. The molecule has 3 N–H and O–H groups in total. The Morgan fingerprint density at radius 3 is 2.32 bits per heavy atom. The molecule has 0 spiro atoms. The number of anilines is 2. The smallest absolute Gasteiger partial charge is 0.338 e. The van der Waals surface area contributed by atoms with Crippen LogP contribution in [0.15, 0.2) is 72.8 Å². The summed E-state index contributed by atoms with van der Waals surface area (Å²) in [5.41, 5.74) is 9.36. The number of ether oxygens (including phenoxy) is 2. The van der Waals surface area contributed by atoms with Crippen LogP contribution in [-0.2, 0) is 27.3 Å². The van der Waals surface area contributed by atoms with Gasteiger partial charge in [-0.1, -0.05) is 42.5 Å². The van der Waals surface area contributed by atoms with Gasteiger partial charge in [0.15, 0.2) is 0 Å². The zero-order valence-electron chi connectivity index (χ0n) is 20.5. The van der Waals surface area contributed by atoms with Crippen LogP contribution < -0.4 is 15.5 Å². The number of nitrogens with two attached hydrogens (primary N) is 1. The molecule has 2 amide bonds.